The lowest BCUT2D eigenvalue weighted by molar-refractivity contribution is -0.115. The number of carbonyl (C=O) groups excluding carboxylic acids is 1. The van der Waals surface area contributed by atoms with Crippen molar-refractivity contribution in [1.29, 1.82) is 0 Å². The number of hydrogen-bond acceptors (Lipinski definition) is 5. The second kappa shape index (κ2) is 7.02. The first-order valence-corrected chi connectivity index (χ1v) is 7.92. The number of rotatable bonds is 5. The maximum absolute atomic E-state index is 12.0. The van der Waals surface area contributed by atoms with E-state index in [2.05, 4.69) is 15.3 Å². The highest BCUT2D eigenvalue weighted by atomic mass is 32.1. The summed E-state index contributed by atoms with van der Waals surface area (Å²) in [6, 6.07) is 13.1. The van der Waals surface area contributed by atoms with Crippen molar-refractivity contribution in [2.24, 2.45) is 0 Å². The predicted molar refractivity (Wildman–Crippen MR) is 90.7 cm³/mol. The van der Waals surface area contributed by atoms with Crippen molar-refractivity contribution in [2.75, 3.05) is 12.4 Å². The lowest BCUT2D eigenvalue weighted by Crippen LogP contribution is -2.15. The predicted octanol–water partition coefficient (Wildman–Crippen LogP) is 3.39. The number of aromatic nitrogens is 2. The van der Waals surface area contributed by atoms with E-state index >= 15 is 0 Å². The molecule has 5 nitrogen and oxygen atoms in total. The van der Waals surface area contributed by atoms with Gasteiger partial charge in [0.1, 0.15) is 16.6 Å². The maximum Gasteiger partial charge on any atom is 0.231 e. The standard InChI is InChI=1S/C17H15N3O2S/c1-22-14-7-5-12(6-8-14)17-19-13(11-23-17)10-16(21)20-15-4-2-3-9-18-15/h2-9,11H,10H2,1H3,(H,18,20,21). The van der Waals surface area contributed by atoms with E-state index in [-0.39, 0.29) is 12.3 Å². The van der Waals surface area contributed by atoms with Gasteiger partial charge in [0, 0.05) is 17.1 Å². The molecule has 1 aromatic carbocycles. The van der Waals surface area contributed by atoms with E-state index in [9.17, 15) is 4.79 Å². The number of nitrogens with zero attached hydrogens (tertiary/aromatic N) is 2. The molecule has 0 aliphatic rings. The summed E-state index contributed by atoms with van der Waals surface area (Å²) in [5.41, 5.74) is 1.75. The van der Waals surface area contributed by atoms with Crippen LogP contribution < -0.4 is 10.1 Å². The molecular weight excluding hydrogens is 310 g/mol. The number of anilines is 1. The molecule has 6 heteroatoms. The largest absolute Gasteiger partial charge is 0.497 e. The van der Waals surface area contributed by atoms with Gasteiger partial charge in [0.15, 0.2) is 0 Å². The highest BCUT2D eigenvalue weighted by Gasteiger charge is 2.10. The molecule has 0 saturated heterocycles. The minimum atomic E-state index is -0.129. The average Bonchev–Trinajstić information content (AvgIpc) is 3.04. The summed E-state index contributed by atoms with van der Waals surface area (Å²) in [7, 11) is 1.64. The number of methoxy groups -OCH3 is 1. The van der Waals surface area contributed by atoms with Crippen LogP contribution in [0.2, 0.25) is 0 Å². The van der Waals surface area contributed by atoms with Gasteiger partial charge < -0.3 is 10.1 Å². The second-order valence-corrected chi connectivity index (χ2v) is 5.67. The van der Waals surface area contributed by atoms with Crippen LogP contribution in [0.1, 0.15) is 5.69 Å². The first-order valence-electron chi connectivity index (χ1n) is 7.04. The Hall–Kier alpha value is -2.73. The van der Waals surface area contributed by atoms with Gasteiger partial charge in [-0.2, -0.15) is 0 Å². The molecule has 0 atom stereocenters. The van der Waals surface area contributed by atoms with Gasteiger partial charge in [-0.05, 0) is 36.4 Å². The van der Waals surface area contributed by atoms with Crippen LogP contribution in [0.5, 0.6) is 5.75 Å². The number of benzene rings is 1. The topological polar surface area (TPSA) is 64.1 Å². The fourth-order valence-corrected chi connectivity index (χ4v) is 2.87. The summed E-state index contributed by atoms with van der Waals surface area (Å²) in [4.78, 5) is 20.6. The fourth-order valence-electron chi connectivity index (χ4n) is 2.04. The summed E-state index contributed by atoms with van der Waals surface area (Å²) in [5, 5.41) is 5.54. The summed E-state index contributed by atoms with van der Waals surface area (Å²) >= 11 is 1.52. The molecule has 2 heterocycles. The van der Waals surface area contributed by atoms with Gasteiger partial charge in [-0.25, -0.2) is 9.97 Å². The smallest absolute Gasteiger partial charge is 0.231 e. The van der Waals surface area contributed by atoms with E-state index in [0.29, 0.717) is 5.82 Å². The molecular formula is C17H15N3O2S. The van der Waals surface area contributed by atoms with Crippen molar-refractivity contribution < 1.29 is 9.53 Å². The average molecular weight is 325 g/mol. The summed E-state index contributed by atoms with van der Waals surface area (Å²) in [5.74, 6) is 1.22. The van der Waals surface area contributed by atoms with Gasteiger partial charge in [-0.3, -0.25) is 4.79 Å². The van der Waals surface area contributed by atoms with Crippen LogP contribution in [0.25, 0.3) is 10.6 Å². The van der Waals surface area contributed by atoms with E-state index in [1.165, 1.54) is 11.3 Å². The highest BCUT2D eigenvalue weighted by molar-refractivity contribution is 7.13. The van der Waals surface area contributed by atoms with E-state index in [0.717, 1.165) is 22.0 Å². The molecule has 0 aliphatic carbocycles. The number of amides is 1. The Kier molecular flexibility index (Phi) is 4.63. The molecule has 1 N–H and O–H groups in total. The minimum Gasteiger partial charge on any atom is -0.497 e. The SMILES string of the molecule is COc1ccc(-c2nc(CC(=O)Nc3ccccn3)cs2)cc1. The third-order valence-electron chi connectivity index (χ3n) is 3.16. The van der Waals surface area contributed by atoms with Crippen molar-refractivity contribution in [3.63, 3.8) is 0 Å². The molecule has 1 amide bonds. The third-order valence-corrected chi connectivity index (χ3v) is 4.10. The molecule has 2 aromatic heterocycles. The van der Waals surface area contributed by atoms with Crippen molar-refractivity contribution in [1.82, 2.24) is 9.97 Å². The lowest BCUT2D eigenvalue weighted by Gasteiger charge is -2.02. The van der Waals surface area contributed by atoms with Crippen molar-refractivity contribution in [2.45, 2.75) is 6.42 Å². The van der Waals surface area contributed by atoms with Crippen molar-refractivity contribution in [3.05, 3.63) is 59.7 Å². The minimum absolute atomic E-state index is 0.129. The Morgan fingerprint density at radius 1 is 1.22 bits per heavy atom. The first-order chi connectivity index (χ1) is 11.2. The summed E-state index contributed by atoms with van der Waals surface area (Å²) < 4.78 is 5.14. The zero-order valence-corrected chi connectivity index (χ0v) is 13.3. The van der Waals surface area contributed by atoms with Crippen LogP contribution in [0.3, 0.4) is 0 Å². The molecule has 0 unspecified atom stereocenters. The number of pyridine rings is 1. The number of nitrogens with one attached hydrogen (secondary N) is 1. The Labute approximate surface area is 138 Å². The van der Waals surface area contributed by atoms with Gasteiger partial charge >= 0.3 is 0 Å². The van der Waals surface area contributed by atoms with E-state index in [4.69, 9.17) is 4.74 Å². The van der Waals surface area contributed by atoms with Gasteiger partial charge in [0.05, 0.1) is 19.2 Å². The Bertz CT molecular complexity index is 785. The highest BCUT2D eigenvalue weighted by Crippen LogP contribution is 2.25. The number of hydrogen-bond donors (Lipinski definition) is 1. The molecule has 116 valence electrons. The Balaban J connectivity index is 1.65. The summed E-state index contributed by atoms with van der Waals surface area (Å²) in [6.45, 7) is 0. The number of thiazole rings is 1. The third kappa shape index (κ3) is 3.92. The van der Waals surface area contributed by atoms with Crippen LogP contribution in [-0.2, 0) is 11.2 Å². The normalized spacial score (nSPS) is 10.3. The van der Waals surface area contributed by atoms with E-state index < -0.39 is 0 Å². The van der Waals surface area contributed by atoms with Crippen LogP contribution in [0, 0.1) is 0 Å². The fraction of sp³-hybridized carbons (Fsp3) is 0.118. The van der Waals surface area contributed by atoms with Gasteiger partial charge in [-0.15, -0.1) is 11.3 Å². The molecule has 0 aliphatic heterocycles. The van der Waals surface area contributed by atoms with E-state index in [1.807, 2.05) is 35.7 Å². The van der Waals surface area contributed by atoms with Crippen LogP contribution in [-0.4, -0.2) is 23.0 Å². The molecule has 3 rings (SSSR count). The van der Waals surface area contributed by atoms with Gasteiger partial charge in [0.2, 0.25) is 5.91 Å². The van der Waals surface area contributed by atoms with Gasteiger partial charge in [-0.1, -0.05) is 6.07 Å². The number of ether oxygens (including phenoxy) is 1. The Morgan fingerprint density at radius 2 is 2.04 bits per heavy atom. The molecule has 0 spiro atoms. The molecule has 0 radical (unpaired) electrons. The van der Waals surface area contributed by atoms with Crippen LogP contribution >= 0.6 is 11.3 Å². The van der Waals surface area contributed by atoms with Crippen molar-refractivity contribution in [3.8, 4) is 16.3 Å². The van der Waals surface area contributed by atoms with Crippen LogP contribution in [0.15, 0.2) is 54.0 Å². The monoisotopic (exact) mass is 325 g/mol. The zero-order valence-electron chi connectivity index (χ0n) is 12.5. The summed E-state index contributed by atoms with van der Waals surface area (Å²) in [6.07, 6.45) is 1.86. The van der Waals surface area contributed by atoms with Crippen LogP contribution in [0.4, 0.5) is 5.82 Å². The second-order valence-electron chi connectivity index (χ2n) is 4.81. The zero-order chi connectivity index (χ0) is 16.1. The first kappa shape index (κ1) is 15.2. The van der Waals surface area contributed by atoms with Crippen molar-refractivity contribution >= 4 is 23.1 Å². The number of carbonyl (C=O) groups is 1. The van der Waals surface area contributed by atoms with Gasteiger partial charge in [0.25, 0.3) is 0 Å². The molecule has 0 bridgehead atoms. The molecule has 3 aromatic rings. The molecule has 0 fully saturated rings. The lowest BCUT2D eigenvalue weighted by atomic mass is 10.2. The maximum atomic E-state index is 12.0. The Morgan fingerprint density at radius 3 is 2.74 bits per heavy atom. The quantitative estimate of drug-likeness (QED) is 0.781. The molecule has 23 heavy (non-hydrogen) atoms. The van der Waals surface area contributed by atoms with E-state index in [1.54, 1.807) is 25.4 Å². The molecule has 0 saturated carbocycles.